The second kappa shape index (κ2) is 15.1. The van der Waals surface area contributed by atoms with Crippen LogP contribution < -0.4 is 4.90 Å². The summed E-state index contributed by atoms with van der Waals surface area (Å²) in [5.41, 5.74) is 19.4. The zero-order valence-corrected chi connectivity index (χ0v) is 34.0. The van der Waals surface area contributed by atoms with Gasteiger partial charge >= 0.3 is 0 Å². The van der Waals surface area contributed by atoms with Crippen LogP contribution >= 0.6 is 0 Å². The maximum atomic E-state index is 2.39. The van der Waals surface area contributed by atoms with Crippen LogP contribution in [0.5, 0.6) is 0 Å². The first-order chi connectivity index (χ1) is 30.1. The Kier molecular flexibility index (Phi) is 9.02. The van der Waals surface area contributed by atoms with Crippen LogP contribution in [0.15, 0.2) is 243 Å². The highest BCUT2D eigenvalue weighted by Crippen LogP contribution is 2.55. The van der Waals surface area contributed by atoms with Gasteiger partial charge in [-0.2, -0.15) is 0 Å². The third-order valence-electron chi connectivity index (χ3n) is 12.8. The van der Waals surface area contributed by atoms with Gasteiger partial charge in [-0.15, -0.1) is 0 Å². The number of hydrogen-bond acceptors (Lipinski definition) is 1. The summed E-state index contributed by atoms with van der Waals surface area (Å²) in [6.45, 7) is 2.38. The Morgan fingerprint density at radius 2 is 0.803 bits per heavy atom. The van der Waals surface area contributed by atoms with E-state index in [1.165, 1.54) is 83.1 Å². The maximum absolute atomic E-state index is 2.39. The van der Waals surface area contributed by atoms with Crippen molar-refractivity contribution in [2.75, 3.05) is 4.90 Å². The first kappa shape index (κ1) is 36.3. The van der Waals surface area contributed by atoms with Gasteiger partial charge in [-0.3, -0.25) is 0 Å². The average molecular weight is 778 g/mol. The van der Waals surface area contributed by atoms with Crippen molar-refractivity contribution in [2.45, 2.75) is 12.3 Å². The minimum Gasteiger partial charge on any atom is -0.310 e. The lowest BCUT2D eigenvalue weighted by Gasteiger charge is -2.28. The van der Waals surface area contributed by atoms with Crippen molar-refractivity contribution in [2.24, 2.45) is 0 Å². The molecule has 1 atom stereocenters. The molecule has 0 amide bonds. The van der Waals surface area contributed by atoms with Crippen LogP contribution in [-0.4, -0.2) is 0 Å². The zero-order chi connectivity index (χ0) is 40.8. The van der Waals surface area contributed by atoms with Gasteiger partial charge < -0.3 is 4.90 Å². The number of fused-ring (bicyclic) bond motifs is 4. The standard InChI is InChI=1S/C60H43N/c1-60(49-23-6-3-7-24-49)57-30-11-10-27-56(57)59-55(29-15-31-58(59)60)45-34-38-51(39-35-45)61(50-36-32-44(33-37-50)54-28-14-19-43-18-8-9-26-53(43)54)52-25-13-22-48(41-52)47-21-12-20-46(40-47)42-16-4-2-5-17-42/h2-41H,1H3. The lowest BCUT2D eigenvalue weighted by atomic mass is 9.74. The summed E-state index contributed by atoms with van der Waals surface area (Å²) in [7, 11) is 0. The molecule has 0 aromatic heterocycles. The Hall–Kier alpha value is -7.74. The van der Waals surface area contributed by atoms with E-state index in [-0.39, 0.29) is 5.41 Å². The maximum Gasteiger partial charge on any atom is 0.0467 e. The molecule has 1 aliphatic carbocycles. The fourth-order valence-corrected chi connectivity index (χ4v) is 9.70. The first-order valence-corrected chi connectivity index (χ1v) is 21.2. The fourth-order valence-electron chi connectivity index (χ4n) is 9.70. The molecule has 0 radical (unpaired) electrons. The minimum absolute atomic E-state index is 0.246. The van der Waals surface area contributed by atoms with Crippen molar-refractivity contribution in [1.29, 1.82) is 0 Å². The van der Waals surface area contributed by atoms with E-state index in [0.29, 0.717) is 0 Å². The Morgan fingerprint density at radius 3 is 1.56 bits per heavy atom. The molecule has 0 fully saturated rings. The van der Waals surface area contributed by atoms with Crippen molar-refractivity contribution in [3.05, 3.63) is 259 Å². The van der Waals surface area contributed by atoms with Gasteiger partial charge in [0, 0.05) is 22.5 Å². The summed E-state index contributed by atoms with van der Waals surface area (Å²) < 4.78 is 0. The molecule has 10 aromatic rings. The fraction of sp³-hybridized carbons (Fsp3) is 0.0333. The first-order valence-electron chi connectivity index (χ1n) is 21.2. The van der Waals surface area contributed by atoms with E-state index >= 15 is 0 Å². The molecule has 1 unspecified atom stereocenters. The molecule has 0 saturated carbocycles. The van der Waals surface area contributed by atoms with E-state index in [1.807, 2.05) is 0 Å². The monoisotopic (exact) mass is 777 g/mol. The predicted octanol–water partition coefficient (Wildman–Crippen LogP) is 16.3. The van der Waals surface area contributed by atoms with Crippen molar-refractivity contribution in [3.8, 4) is 55.6 Å². The molecule has 0 spiro atoms. The van der Waals surface area contributed by atoms with Crippen LogP contribution in [0.2, 0.25) is 0 Å². The molecular formula is C60H43N. The zero-order valence-electron chi connectivity index (χ0n) is 34.0. The van der Waals surface area contributed by atoms with Gasteiger partial charge in [0.15, 0.2) is 0 Å². The third-order valence-corrected chi connectivity index (χ3v) is 12.8. The number of nitrogens with zero attached hydrogens (tertiary/aromatic N) is 1. The highest BCUT2D eigenvalue weighted by Gasteiger charge is 2.41. The predicted molar refractivity (Wildman–Crippen MR) is 258 cm³/mol. The smallest absolute Gasteiger partial charge is 0.0467 e. The van der Waals surface area contributed by atoms with E-state index in [2.05, 4.69) is 254 Å². The van der Waals surface area contributed by atoms with E-state index in [1.54, 1.807) is 0 Å². The van der Waals surface area contributed by atoms with Gasteiger partial charge in [-0.1, -0.05) is 200 Å². The van der Waals surface area contributed by atoms with Gasteiger partial charge in [0.2, 0.25) is 0 Å². The van der Waals surface area contributed by atoms with Gasteiger partial charge in [0.05, 0.1) is 0 Å². The highest BCUT2D eigenvalue weighted by atomic mass is 15.1. The molecule has 0 aliphatic heterocycles. The number of rotatable bonds is 8. The van der Waals surface area contributed by atoms with E-state index in [9.17, 15) is 0 Å². The molecular weight excluding hydrogens is 735 g/mol. The molecule has 288 valence electrons. The van der Waals surface area contributed by atoms with E-state index in [4.69, 9.17) is 0 Å². The topological polar surface area (TPSA) is 3.24 Å². The van der Waals surface area contributed by atoms with E-state index < -0.39 is 0 Å². The summed E-state index contributed by atoms with van der Waals surface area (Å²) in [4.78, 5) is 2.39. The quantitative estimate of drug-likeness (QED) is 0.149. The molecule has 0 N–H and O–H groups in total. The molecule has 1 aliphatic rings. The van der Waals surface area contributed by atoms with Crippen LogP contribution in [0.3, 0.4) is 0 Å². The van der Waals surface area contributed by atoms with Crippen LogP contribution in [0.4, 0.5) is 17.1 Å². The summed E-state index contributed by atoms with van der Waals surface area (Å²) in [5.74, 6) is 0. The lowest BCUT2D eigenvalue weighted by molar-refractivity contribution is 0.714. The van der Waals surface area contributed by atoms with Gasteiger partial charge in [0.25, 0.3) is 0 Å². The van der Waals surface area contributed by atoms with Gasteiger partial charge in [-0.25, -0.2) is 0 Å². The van der Waals surface area contributed by atoms with Crippen LogP contribution in [0.1, 0.15) is 23.6 Å². The molecule has 10 aromatic carbocycles. The molecule has 0 bridgehead atoms. The number of hydrogen-bond donors (Lipinski definition) is 0. The summed E-state index contributed by atoms with van der Waals surface area (Å²) in [6, 6.07) is 88.6. The van der Waals surface area contributed by atoms with Crippen molar-refractivity contribution >= 4 is 27.8 Å². The van der Waals surface area contributed by atoms with E-state index in [0.717, 1.165) is 17.1 Å². The van der Waals surface area contributed by atoms with Crippen LogP contribution in [0.25, 0.3) is 66.4 Å². The minimum atomic E-state index is -0.246. The summed E-state index contributed by atoms with van der Waals surface area (Å²) in [5, 5.41) is 2.51. The summed E-state index contributed by atoms with van der Waals surface area (Å²) >= 11 is 0. The van der Waals surface area contributed by atoms with Crippen molar-refractivity contribution < 1.29 is 0 Å². The normalized spacial score (nSPS) is 14.0. The SMILES string of the molecule is CC1(c2ccccc2)c2ccccc2-c2c(-c3ccc(N(c4ccc(-c5cccc6ccccc56)cc4)c4cccc(-c5cccc(-c6ccccc6)c5)c4)cc3)cccc21. The van der Waals surface area contributed by atoms with Gasteiger partial charge in [0.1, 0.15) is 0 Å². The average Bonchev–Trinajstić information content (AvgIpc) is 3.61. The largest absolute Gasteiger partial charge is 0.310 e. The summed E-state index contributed by atoms with van der Waals surface area (Å²) in [6.07, 6.45) is 0. The number of anilines is 3. The van der Waals surface area contributed by atoms with Crippen molar-refractivity contribution in [3.63, 3.8) is 0 Å². The second-order valence-electron chi connectivity index (χ2n) is 16.2. The molecule has 61 heavy (non-hydrogen) atoms. The second-order valence-corrected chi connectivity index (χ2v) is 16.2. The Balaban J connectivity index is 1.02. The van der Waals surface area contributed by atoms with Crippen LogP contribution in [0, 0.1) is 0 Å². The van der Waals surface area contributed by atoms with Gasteiger partial charge in [-0.05, 0) is 132 Å². The molecule has 0 saturated heterocycles. The Morgan fingerprint density at radius 1 is 0.311 bits per heavy atom. The Labute approximate surface area is 358 Å². The number of benzene rings is 10. The lowest BCUT2D eigenvalue weighted by Crippen LogP contribution is -2.22. The van der Waals surface area contributed by atoms with Crippen LogP contribution in [-0.2, 0) is 5.41 Å². The molecule has 1 heteroatoms. The molecule has 0 heterocycles. The molecule has 1 nitrogen and oxygen atoms in total. The Bertz CT molecular complexity index is 3180. The highest BCUT2D eigenvalue weighted by molar-refractivity contribution is 5.97. The van der Waals surface area contributed by atoms with Crippen molar-refractivity contribution in [1.82, 2.24) is 0 Å². The third kappa shape index (κ3) is 6.34. The molecule has 11 rings (SSSR count).